The van der Waals surface area contributed by atoms with Gasteiger partial charge in [-0.2, -0.15) is 9.78 Å². The summed E-state index contributed by atoms with van der Waals surface area (Å²) in [5, 5.41) is 5.71. The zero-order chi connectivity index (χ0) is 13.4. The van der Waals surface area contributed by atoms with Gasteiger partial charge in [0.15, 0.2) is 0 Å². The summed E-state index contributed by atoms with van der Waals surface area (Å²) in [7, 11) is 0. The smallest absolute Gasteiger partial charge is 0.279 e. The van der Waals surface area contributed by atoms with Gasteiger partial charge in [0.2, 0.25) is 0 Å². The van der Waals surface area contributed by atoms with E-state index in [2.05, 4.69) is 10.1 Å². The van der Waals surface area contributed by atoms with Crippen molar-refractivity contribution >= 4 is 16.5 Å². The van der Waals surface area contributed by atoms with Crippen LogP contribution in [0.15, 0.2) is 47.5 Å². The summed E-state index contributed by atoms with van der Waals surface area (Å²) in [6, 6.07) is 8.83. The highest BCUT2D eigenvalue weighted by molar-refractivity contribution is 5.86. The summed E-state index contributed by atoms with van der Waals surface area (Å²) >= 11 is 0. The SMILES string of the molecule is Cc1nn(-c2cccnc2)c(=O)c2cc(N)ccc12. The molecule has 0 saturated heterocycles. The molecule has 0 fully saturated rings. The Morgan fingerprint density at radius 1 is 1.21 bits per heavy atom. The maximum absolute atomic E-state index is 12.5. The van der Waals surface area contributed by atoms with E-state index in [1.54, 1.807) is 36.7 Å². The lowest BCUT2D eigenvalue weighted by molar-refractivity contribution is 0.797. The first-order valence-electron chi connectivity index (χ1n) is 5.86. The Labute approximate surface area is 109 Å². The molecule has 2 aromatic heterocycles. The molecule has 19 heavy (non-hydrogen) atoms. The van der Waals surface area contributed by atoms with Gasteiger partial charge in [-0.25, -0.2) is 0 Å². The molecule has 3 rings (SSSR count). The number of nitrogens with zero attached hydrogens (tertiary/aromatic N) is 3. The minimum absolute atomic E-state index is 0.194. The predicted molar refractivity (Wildman–Crippen MR) is 74.3 cm³/mol. The fraction of sp³-hybridized carbons (Fsp3) is 0.0714. The Bertz CT molecular complexity index is 809. The maximum Gasteiger partial charge on any atom is 0.279 e. The van der Waals surface area contributed by atoms with E-state index >= 15 is 0 Å². The van der Waals surface area contributed by atoms with Crippen molar-refractivity contribution in [2.45, 2.75) is 6.92 Å². The van der Waals surface area contributed by atoms with Crippen molar-refractivity contribution in [3.05, 3.63) is 58.8 Å². The number of pyridine rings is 1. The van der Waals surface area contributed by atoms with Crippen molar-refractivity contribution in [3.63, 3.8) is 0 Å². The molecule has 5 nitrogen and oxygen atoms in total. The van der Waals surface area contributed by atoms with Gasteiger partial charge in [-0.1, -0.05) is 6.07 Å². The van der Waals surface area contributed by atoms with E-state index in [1.165, 1.54) is 4.68 Å². The highest BCUT2D eigenvalue weighted by Gasteiger charge is 2.09. The van der Waals surface area contributed by atoms with Crippen LogP contribution in [0.4, 0.5) is 5.69 Å². The lowest BCUT2D eigenvalue weighted by Gasteiger charge is -2.08. The molecule has 0 amide bonds. The van der Waals surface area contributed by atoms with E-state index in [0.717, 1.165) is 11.1 Å². The largest absolute Gasteiger partial charge is 0.399 e. The molecular weight excluding hydrogens is 240 g/mol. The number of rotatable bonds is 1. The second kappa shape index (κ2) is 4.20. The topological polar surface area (TPSA) is 73.8 Å². The Hall–Kier alpha value is -2.69. The molecule has 2 N–H and O–H groups in total. The van der Waals surface area contributed by atoms with Gasteiger partial charge in [0.1, 0.15) is 0 Å². The Balaban J connectivity index is 2.40. The van der Waals surface area contributed by atoms with Crippen LogP contribution in [0.25, 0.3) is 16.5 Å². The molecule has 2 heterocycles. The van der Waals surface area contributed by atoms with Gasteiger partial charge in [0, 0.05) is 17.3 Å². The molecule has 0 atom stereocenters. The molecule has 0 unspecified atom stereocenters. The van der Waals surface area contributed by atoms with E-state index < -0.39 is 0 Å². The highest BCUT2D eigenvalue weighted by Crippen LogP contribution is 2.17. The molecule has 5 heteroatoms. The first-order valence-corrected chi connectivity index (χ1v) is 5.86. The number of hydrogen-bond donors (Lipinski definition) is 1. The van der Waals surface area contributed by atoms with Crippen molar-refractivity contribution < 1.29 is 0 Å². The maximum atomic E-state index is 12.5. The number of aryl methyl sites for hydroxylation is 1. The molecule has 3 aromatic rings. The van der Waals surface area contributed by atoms with Crippen molar-refractivity contribution in [2.24, 2.45) is 0 Å². The third kappa shape index (κ3) is 1.85. The highest BCUT2D eigenvalue weighted by atomic mass is 16.1. The normalized spacial score (nSPS) is 10.8. The Kier molecular flexibility index (Phi) is 2.52. The molecule has 0 radical (unpaired) electrons. The number of benzene rings is 1. The number of anilines is 1. The van der Waals surface area contributed by atoms with Crippen molar-refractivity contribution in [1.29, 1.82) is 0 Å². The van der Waals surface area contributed by atoms with Crippen LogP contribution in [0.5, 0.6) is 0 Å². The third-order valence-corrected chi connectivity index (χ3v) is 3.00. The summed E-state index contributed by atoms with van der Waals surface area (Å²) in [6.45, 7) is 1.87. The number of fused-ring (bicyclic) bond motifs is 1. The quantitative estimate of drug-likeness (QED) is 0.668. The zero-order valence-electron chi connectivity index (χ0n) is 10.4. The average molecular weight is 252 g/mol. The molecule has 0 aliphatic carbocycles. The summed E-state index contributed by atoms with van der Waals surface area (Å²) < 4.78 is 1.35. The van der Waals surface area contributed by atoms with E-state index in [4.69, 9.17) is 5.73 Å². The van der Waals surface area contributed by atoms with Crippen LogP contribution in [-0.2, 0) is 0 Å². The second-order valence-electron chi connectivity index (χ2n) is 4.32. The molecule has 94 valence electrons. The van der Waals surface area contributed by atoms with E-state index in [-0.39, 0.29) is 5.56 Å². The van der Waals surface area contributed by atoms with Gasteiger partial charge in [-0.3, -0.25) is 9.78 Å². The standard InChI is InChI=1S/C14H12N4O/c1-9-12-5-4-10(15)7-13(12)14(19)18(17-9)11-3-2-6-16-8-11/h2-8H,15H2,1H3. The van der Waals surface area contributed by atoms with Crippen LogP contribution < -0.4 is 11.3 Å². The molecular formula is C14H12N4O. The average Bonchev–Trinajstić information content (AvgIpc) is 2.43. The third-order valence-electron chi connectivity index (χ3n) is 3.00. The molecule has 0 aliphatic heterocycles. The molecule has 0 spiro atoms. The van der Waals surface area contributed by atoms with Crippen LogP contribution in [0.2, 0.25) is 0 Å². The Morgan fingerprint density at radius 2 is 2.05 bits per heavy atom. The fourth-order valence-electron chi connectivity index (χ4n) is 2.07. The summed E-state index contributed by atoms with van der Waals surface area (Å²) in [4.78, 5) is 16.5. The van der Waals surface area contributed by atoms with Gasteiger partial charge in [0.05, 0.1) is 23.0 Å². The first kappa shape index (κ1) is 11.4. The number of aromatic nitrogens is 3. The van der Waals surface area contributed by atoms with Gasteiger partial charge in [0.25, 0.3) is 5.56 Å². The predicted octanol–water partition coefficient (Wildman–Crippen LogP) is 1.67. The fourth-order valence-corrected chi connectivity index (χ4v) is 2.07. The minimum Gasteiger partial charge on any atom is -0.399 e. The number of nitrogen functional groups attached to an aromatic ring is 1. The van der Waals surface area contributed by atoms with Crippen LogP contribution in [-0.4, -0.2) is 14.8 Å². The van der Waals surface area contributed by atoms with E-state index in [9.17, 15) is 4.79 Å². The minimum atomic E-state index is -0.194. The van der Waals surface area contributed by atoms with Crippen molar-refractivity contribution in [2.75, 3.05) is 5.73 Å². The summed E-state index contributed by atoms with van der Waals surface area (Å²) in [6.07, 6.45) is 3.26. The van der Waals surface area contributed by atoms with E-state index in [1.807, 2.05) is 13.0 Å². The van der Waals surface area contributed by atoms with Crippen LogP contribution in [0.1, 0.15) is 5.69 Å². The van der Waals surface area contributed by atoms with Gasteiger partial charge in [-0.15, -0.1) is 0 Å². The summed E-state index contributed by atoms with van der Waals surface area (Å²) in [5.41, 5.74) is 7.54. The molecule has 1 aromatic carbocycles. The summed E-state index contributed by atoms with van der Waals surface area (Å²) in [5.74, 6) is 0. The van der Waals surface area contributed by atoms with E-state index in [0.29, 0.717) is 16.8 Å². The van der Waals surface area contributed by atoms with Crippen molar-refractivity contribution in [3.8, 4) is 5.69 Å². The number of hydrogen-bond acceptors (Lipinski definition) is 4. The lowest BCUT2D eigenvalue weighted by atomic mass is 10.1. The van der Waals surface area contributed by atoms with Crippen LogP contribution in [0.3, 0.4) is 0 Å². The Morgan fingerprint density at radius 3 is 2.79 bits per heavy atom. The molecule has 0 saturated carbocycles. The number of nitrogens with two attached hydrogens (primary N) is 1. The van der Waals surface area contributed by atoms with Crippen LogP contribution in [0, 0.1) is 6.92 Å². The van der Waals surface area contributed by atoms with Gasteiger partial charge in [-0.05, 0) is 31.2 Å². The molecule has 0 aliphatic rings. The second-order valence-corrected chi connectivity index (χ2v) is 4.32. The lowest BCUT2D eigenvalue weighted by Crippen LogP contribution is -2.22. The molecule has 0 bridgehead atoms. The van der Waals surface area contributed by atoms with Gasteiger partial charge >= 0.3 is 0 Å². The van der Waals surface area contributed by atoms with Crippen molar-refractivity contribution in [1.82, 2.24) is 14.8 Å². The van der Waals surface area contributed by atoms with Gasteiger partial charge < -0.3 is 5.73 Å². The zero-order valence-corrected chi connectivity index (χ0v) is 10.4. The first-order chi connectivity index (χ1) is 9.16. The monoisotopic (exact) mass is 252 g/mol. The van der Waals surface area contributed by atoms with Crippen LogP contribution >= 0.6 is 0 Å².